The summed E-state index contributed by atoms with van der Waals surface area (Å²) in [5, 5.41) is 3.18. The molecular weight excluding hydrogens is 472 g/mol. The van der Waals surface area contributed by atoms with Crippen LogP contribution in [0.5, 0.6) is 5.75 Å². The molecule has 0 radical (unpaired) electrons. The molecule has 8 heteroatoms. The van der Waals surface area contributed by atoms with Crippen molar-refractivity contribution < 1.29 is 17.9 Å². The molecule has 1 N–H and O–H groups in total. The van der Waals surface area contributed by atoms with E-state index in [2.05, 4.69) is 17.4 Å². The summed E-state index contributed by atoms with van der Waals surface area (Å²) >= 11 is 6.34. The summed E-state index contributed by atoms with van der Waals surface area (Å²) in [4.78, 5) is 12.6. The molecule has 176 valence electrons. The molecule has 3 aromatic carbocycles. The van der Waals surface area contributed by atoms with Crippen molar-refractivity contribution in [3.8, 4) is 5.75 Å². The Hall–Kier alpha value is -3.03. The van der Waals surface area contributed by atoms with Crippen molar-refractivity contribution >= 4 is 33.2 Å². The highest BCUT2D eigenvalue weighted by Gasteiger charge is 2.31. The second kappa shape index (κ2) is 9.31. The Morgan fingerprint density at radius 3 is 2.62 bits per heavy atom. The van der Waals surface area contributed by atoms with Gasteiger partial charge in [0.1, 0.15) is 5.75 Å². The van der Waals surface area contributed by atoms with E-state index in [0.29, 0.717) is 18.7 Å². The fourth-order valence-electron chi connectivity index (χ4n) is 4.73. The van der Waals surface area contributed by atoms with Crippen molar-refractivity contribution in [2.45, 2.75) is 36.6 Å². The summed E-state index contributed by atoms with van der Waals surface area (Å²) in [6, 6.07) is 19.9. The van der Waals surface area contributed by atoms with Crippen LogP contribution in [0.1, 0.15) is 35.6 Å². The van der Waals surface area contributed by atoms with Crippen molar-refractivity contribution in [1.82, 2.24) is 5.32 Å². The maximum Gasteiger partial charge on any atom is 0.264 e. The standard InChI is InChI=1S/C26H25ClN2O4S/c27-22-16-20(34(31,32)29-15-14-19-7-2-4-11-24(19)29)12-13-25(22)33-17-26(30)28-23-10-5-8-18-6-1-3-9-21(18)23/h1-4,6-7,9,11-13,16,23H,5,8,10,14-15,17H2,(H,28,30)/t23-/m1/s1. The Balaban J connectivity index is 1.25. The minimum absolute atomic E-state index is 0.0348. The number of hydrogen-bond acceptors (Lipinski definition) is 4. The lowest BCUT2D eigenvalue weighted by molar-refractivity contribution is -0.123. The molecule has 0 spiro atoms. The highest BCUT2D eigenvalue weighted by Crippen LogP contribution is 2.35. The molecule has 1 heterocycles. The van der Waals surface area contributed by atoms with E-state index in [4.69, 9.17) is 16.3 Å². The van der Waals surface area contributed by atoms with Gasteiger partial charge in [0.2, 0.25) is 0 Å². The van der Waals surface area contributed by atoms with Crippen molar-refractivity contribution in [2.24, 2.45) is 0 Å². The number of hydrogen-bond donors (Lipinski definition) is 1. The van der Waals surface area contributed by atoms with Gasteiger partial charge in [0, 0.05) is 6.54 Å². The van der Waals surface area contributed by atoms with Crippen LogP contribution < -0.4 is 14.4 Å². The molecular formula is C26H25ClN2O4S. The molecule has 0 aromatic heterocycles. The van der Waals surface area contributed by atoms with E-state index in [1.807, 2.05) is 36.4 Å². The van der Waals surface area contributed by atoms with Crippen LogP contribution in [-0.2, 0) is 27.7 Å². The summed E-state index contributed by atoms with van der Waals surface area (Å²) in [6.07, 6.45) is 3.60. The first kappa shape index (κ1) is 22.7. The molecule has 0 saturated heterocycles. The Bertz CT molecular complexity index is 1340. The van der Waals surface area contributed by atoms with Gasteiger partial charge in [-0.25, -0.2) is 8.42 Å². The fraction of sp³-hybridized carbons (Fsp3) is 0.269. The first-order valence-electron chi connectivity index (χ1n) is 11.3. The number of sulfonamides is 1. The summed E-state index contributed by atoms with van der Waals surface area (Å²) in [6.45, 7) is 0.187. The molecule has 1 atom stereocenters. The largest absolute Gasteiger partial charge is 0.482 e. The van der Waals surface area contributed by atoms with Crippen LogP contribution in [-0.4, -0.2) is 27.5 Å². The van der Waals surface area contributed by atoms with Crippen LogP contribution in [0.3, 0.4) is 0 Å². The van der Waals surface area contributed by atoms with E-state index in [1.165, 1.54) is 28.1 Å². The highest BCUT2D eigenvalue weighted by molar-refractivity contribution is 7.92. The first-order chi connectivity index (χ1) is 16.4. The smallest absolute Gasteiger partial charge is 0.264 e. The van der Waals surface area contributed by atoms with E-state index in [9.17, 15) is 13.2 Å². The average Bonchev–Trinajstić information content (AvgIpc) is 3.29. The minimum Gasteiger partial charge on any atom is -0.482 e. The Morgan fingerprint density at radius 2 is 1.79 bits per heavy atom. The lowest BCUT2D eigenvalue weighted by Gasteiger charge is -2.26. The summed E-state index contributed by atoms with van der Waals surface area (Å²) in [5.41, 5.74) is 4.11. The number of halogens is 1. The molecule has 0 unspecified atom stereocenters. The lowest BCUT2D eigenvalue weighted by Crippen LogP contribution is -2.34. The van der Waals surface area contributed by atoms with Gasteiger partial charge in [0.25, 0.3) is 15.9 Å². The van der Waals surface area contributed by atoms with Crippen molar-refractivity contribution in [2.75, 3.05) is 17.5 Å². The molecule has 5 rings (SSSR count). The van der Waals surface area contributed by atoms with Gasteiger partial charge in [-0.15, -0.1) is 0 Å². The third-order valence-electron chi connectivity index (χ3n) is 6.40. The van der Waals surface area contributed by atoms with Crippen LogP contribution in [0, 0.1) is 0 Å². The topological polar surface area (TPSA) is 75.7 Å². The molecule has 0 saturated carbocycles. The normalized spacial score (nSPS) is 17.1. The second-order valence-corrected chi connectivity index (χ2v) is 10.8. The Labute approximate surface area is 204 Å². The van der Waals surface area contributed by atoms with Gasteiger partial charge in [0.15, 0.2) is 6.61 Å². The van der Waals surface area contributed by atoms with Crippen LogP contribution in [0.2, 0.25) is 5.02 Å². The number of anilines is 1. The van der Waals surface area contributed by atoms with Gasteiger partial charge < -0.3 is 10.1 Å². The maximum atomic E-state index is 13.2. The number of amides is 1. The number of rotatable bonds is 6. The van der Waals surface area contributed by atoms with Crippen molar-refractivity contribution in [3.63, 3.8) is 0 Å². The van der Waals surface area contributed by atoms with Gasteiger partial charge >= 0.3 is 0 Å². The maximum absolute atomic E-state index is 13.2. The number of carbonyl (C=O) groups excluding carboxylic acids is 1. The highest BCUT2D eigenvalue weighted by atomic mass is 35.5. The van der Waals surface area contributed by atoms with E-state index >= 15 is 0 Å². The van der Waals surface area contributed by atoms with E-state index in [-0.39, 0.29) is 34.2 Å². The van der Waals surface area contributed by atoms with E-state index < -0.39 is 10.0 Å². The molecule has 1 aliphatic carbocycles. The quantitative estimate of drug-likeness (QED) is 0.538. The SMILES string of the molecule is O=C(COc1ccc(S(=O)(=O)N2CCc3ccccc32)cc1Cl)N[C@@H]1CCCc2ccccc21. The summed E-state index contributed by atoms with van der Waals surface area (Å²) in [5.74, 6) is 0.0183. The number of aryl methyl sites for hydroxylation is 1. The number of nitrogens with zero attached hydrogens (tertiary/aromatic N) is 1. The van der Waals surface area contributed by atoms with E-state index in [0.717, 1.165) is 30.4 Å². The number of fused-ring (bicyclic) bond motifs is 2. The lowest BCUT2D eigenvalue weighted by atomic mass is 9.88. The van der Waals surface area contributed by atoms with Gasteiger partial charge in [-0.1, -0.05) is 54.1 Å². The van der Waals surface area contributed by atoms with Gasteiger partial charge in [-0.05, 0) is 66.6 Å². The molecule has 2 aliphatic rings. The van der Waals surface area contributed by atoms with Crippen LogP contribution >= 0.6 is 11.6 Å². The van der Waals surface area contributed by atoms with Gasteiger partial charge in [-0.2, -0.15) is 0 Å². The van der Waals surface area contributed by atoms with Crippen LogP contribution in [0.15, 0.2) is 71.6 Å². The number of carbonyl (C=O) groups is 1. The minimum atomic E-state index is -3.76. The fourth-order valence-corrected chi connectivity index (χ4v) is 6.56. The molecule has 0 fully saturated rings. The van der Waals surface area contributed by atoms with E-state index in [1.54, 1.807) is 0 Å². The molecule has 1 amide bonds. The zero-order valence-corrected chi connectivity index (χ0v) is 20.1. The van der Waals surface area contributed by atoms with Gasteiger partial charge in [-0.3, -0.25) is 9.10 Å². The average molecular weight is 497 g/mol. The Kier molecular flexibility index (Phi) is 6.23. The third-order valence-corrected chi connectivity index (χ3v) is 8.50. The predicted octanol–water partition coefficient (Wildman–Crippen LogP) is 4.66. The number of nitrogens with one attached hydrogen (secondary N) is 1. The van der Waals surface area contributed by atoms with Crippen LogP contribution in [0.4, 0.5) is 5.69 Å². The number of ether oxygens (including phenoxy) is 1. The zero-order chi connectivity index (χ0) is 23.7. The third kappa shape index (κ3) is 4.38. The van der Waals surface area contributed by atoms with Crippen LogP contribution in [0.25, 0.3) is 0 Å². The molecule has 3 aromatic rings. The number of para-hydroxylation sites is 1. The molecule has 0 bridgehead atoms. The number of benzene rings is 3. The first-order valence-corrected chi connectivity index (χ1v) is 13.2. The second-order valence-electron chi connectivity index (χ2n) is 8.55. The molecule has 1 aliphatic heterocycles. The van der Waals surface area contributed by atoms with Gasteiger partial charge in [0.05, 0.1) is 21.6 Å². The molecule has 34 heavy (non-hydrogen) atoms. The van der Waals surface area contributed by atoms with Crippen molar-refractivity contribution in [1.29, 1.82) is 0 Å². The summed E-state index contributed by atoms with van der Waals surface area (Å²) in [7, 11) is -3.76. The zero-order valence-electron chi connectivity index (χ0n) is 18.5. The predicted molar refractivity (Wildman–Crippen MR) is 132 cm³/mol. The van der Waals surface area contributed by atoms with Crippen molar-refractivity contribution in [3.05, 3.63) is 88.4 Å². The summed E-state index contributed by atoms with van der Waals surface area (Å²) < 4.78 is 33.5. The monoisotopic (exact) mass is 496 g/mol. The molecule has 6 nitrogen and oxygen atoms in total. The Morgan fingerprint density at radius 1 is 1.03 bits per heavy atom.